The number of thioether (sulfide) groups is 1. The maximum atomic E-state index is 13.4. The molecular weight excluding hydrogens is 438 g/mol. The Hall–Kier alpha value is -3.17. The molecule has 0 fully saturated rings. The van der Waals surface area contributed by atoms with Crippen molar-refractivity contribution in [2.45, 2.75) is 37.6 Å². The monoisotopic (exact) mass is 465 g/mol. The van der Waals surface area contributed by atoms with E-state index in [1.165, 1.54) is 11.8 Å². The van der Waals surface area contributed by atoms with Gasteiger partial charge in [-0.3, -0.25) is 14.0 Å². The number of carbonyl (C=O) groups is 1. The predicted molar refractivity (Wildman–Crippen MR) is 130 cm³/mol. The van der Waals surface area contributed by atoms with Gasteiger partial charge in [-0.15, -0.1) is 10.2 Å². The second-order valence-corrected chi connectivity index (χ2v) is 9.02. The number of nitrogens with zero attached hydrogens (tertiary/aromatic N) is 4. The van der Waals surface area contributed by atoms with Gasteiger partial charge in [-0.05, 0) is 51.5 Å². The van der Waals surface area contributed by atoms with Gasteiger partial charge < -0.3 is 10.1 Å². The average molecular weight is 466 g/mol. The lowest BCUT2D eigenvalue weighted by molar-refractivity contribution is -0.120. The smallest absolute Gasteiger partial charge is 0.267 e. The normalized spacial score (nSPS) is 12.3. The molecule has 2 aromatic carbocycles. The van der Waals surface area contributed by atoms with Crippen LogP contribution in [0.5, 0.6) is 0 Å². The van der Waals surface area contributed by atoms with E-state index in [0.29, 0.717) is 47.3 Å². The fourth-order valence-corrected chi connectivity index (χ4v) is 4.45. The quantitative estimate of drug-likeness (QED) is 0.301. The average Bonchev–Trinajstić information content (AvgIpc) is 3.23. The molecule has 8 nitrogen and oxygen atoms in total. The number of amides is 1. The van der Waals surface area contributed by atoms with Crippen molar-refractivity contribution in [2.75, 3.05) is 19.8 Å². The largest absolute Gasteiger partial charge is 0.382 e. The summed E-state index contributed by atoms with van der Waals surface area (Å²) in [5.41, 5.74) is 2.36. The number of nitrogens with one attached hydrogen (secondary N) is 1. The van der Waals surface area contributed by atoms with Crippen molar-refractivity contribution in [1.29, 1.82) is 0 Å². The van der Waals surface area contributed by atoms with Crippen LogP contribution in [-0.2, 0) is 9.53 Å². The van der Waals surface area contributed by atoms with Crippen LogP contribution < -0.4 is 10.9 Å². The topological polar surface area (TPSA) is 90.5 Å². The fraction of sp³-hybridized carbons (Fsp3) is 0.333. The van der Waals surface area contributed by atoms with Crippen molar-refractivity contribution < 1.29 is 9.53 Å². The number of rotatable bonds is 9. The Kier molecular flexibility index (Phi) is 7.10. The third kappa shape index (κ3) is 4.79. The number of carbonyl (C=O) groups excluding carboxylic acids is 1. The van der Waals surface area contributed by atoms with Gasteiger partial charge in [-0.2, -0.15) is 0 Å². The Morgan fingerprint density at radius 1 is 1.15 bits per heavy atom. The molecule has 33 heavy (non-hydrogen) atoms. The highest BCUT2D eigenvalue weighted by molar-refractivity contribution is 8.00. The molecule has 1 unspecified atom stereocenters. The Morgan fingerprint density at radius 3 is 2.67 bits per heavy atom. The van der Waals surface area contributed by atoms with Gasteiger partial charge >= 0.3 is 0 Å². The highest BCUT2D eigenvalue weighted by Crippen LogP contribution is 2.26. The summed E-state index contributed by atoms with van der Waals surface area (Å²) in [6.45, 7) is 7.62. The minimum absolute atomic E-state index is 0.0792. The molecule has 4 rings (SSSR count). The number of para-hydroxylation sites is 1. The standard InChI is InChI=1S/C24H27N5O3S/c1-4-32-15-7-14-25-21(30)17(3)33-24-27-26-23-28(18-12-10-16(2)11-13-18)22(31)19-8-5-6-9-20(19)29(23)24/h5-6,8-13,17H,4,7,14-15H2,1-3H3,(H,25,30). The highest BCUT2D eigenvalue weighted by atomic mass is 32.2. The number of hydrogen-bond acceptors (Lipinski definition) is 6. The number of aryl methyl sites for hydroxylation is 1. The first-order valence-electron chi connectivity index (χ1n) is 11.0. The van der Waals surface area contributed by atoms with Crippen molar-refractivity contribution in [3.8, 4) is 5.69 Å². The molecule has 1 atom stereocenters. The van der Waals surface area contributed by atoms with Crippen molar-refractivity contribution >= 4 is 34.3 Å². The molecule has 0 aliphatic carbocycles. The molecule has 0 bridgehead atoms. The SMILES string of the molecule is CCOCCCNC(=O)C(C)Sc1nnc2n(-c3ccc(C)cc3)c(=O)c3ccccc3n12. The lowest BCUT2D eigenvalue weighted by Gasteiger charge is -2.13. The summed E-state index contributed by atoms with van der Waals surface area (Å²) in [6.07, 6.45) is 0.762. The lowest BCUT2D eigenvalue weighted by atomic mass is 10.2. The van der Waals surface area contributed by atoms with Crippen LogP contribution >= 0.6 is 11.8 Å². The van der Waals surface area contributed by atoms with E-state index in [0.717, 1.165) is 12.0 Å². The van der Waals surface area contributed by atoms with E-state index in [1.54, 1.807) is 10.6 Å². The molecule has 0 aliphatic heterocycles. The highest BCUT2D eigenvalue weighted by Gasteiger charge is 2.22. The Morgan fingerprint density at radius 2 is 1.91 bits per heavy atom. The Balaban J connectivity index is 1.70. The van der Waals surface area contributed by atoms with Gasteiger partial charge in [0.05, 0.1) is 21.8 Å². The number of aromatic nitrogens is 4. The van der Waals surface area contributed by atoms with Gasteiger partial charge in [0.2, 0.25) is 11.7 Å². The van der Waals surface area contributed by atoms with Crippen molar-refractivity contribution in [1.82, 2.24) is 24.5 Å². The maximum absolute atomic E-state index is 13.4. The van der Waals surface area contributed by atoms with Gasteiger partial charge in [-0.1, -0.05) is 41.6 Å². The summed E-state index contributed by atoms with van der Waals surface area (Å²) in [4.78, 5) is 26.0. The molecule has 0 aliphatic rings. The summed E-state index contributed by atoms with van der Waals surface area (Å²) in [6, 6.07) is 15.1. The van der Waals surface area contributed by atoms with Crippen LogP contribution in [0.2, 0.25) is 0 Å². The minimum atomic E-state index is -0.386. The molecule has 4 aromatic rings. The van der Waals surface area contributed by atoms with Crippen LogP contribution in [0.3, 0.4) is 0 Å². The van der Waals surface area contributed by atoms with Crippen LogP contribution in [0.25, 0.3) is 22.4 Å². The van der Waals surface area contributed by atoms with Crippen LogP contribution in [-0.4, -0.2) is 50.1 Å². The number of ether oxygens (including phenoxy) is 1. The molecule has 2 aromatic heterocycles. The first-order valence-corrected chi connectivity index (χ1v) is 11.9. The number of hydrogen-bond donors (Lipinski definition) is 1. The number of benzene rings is 2. The second kappa shape index (κ2) is 10.2. The lowest BCUT2D eigenvalue weighted by Crippen LogP contribution is -2.32. The molecule has 9 heteroatoms. The zero-order valence-corrected chi connectivity index (χ0v) is 19.8. The fourth-order valence-electron chi connectivity index (χ4n) is 3.57. The van der Waals surface area contributed by atoms with Gasteiger partial charge in [0, 0.05) is 19.8 Å². The Labute approximate surface area is 196 Å². The van der Waals surface area contributed by atoms with E-state index >= 15 is 0 Å². The van der Waals surface area contributed by atoms with Gasteiger partial charge in [0.1, 0.15) is 0 Å². The molecular formula is C24H27N5O3S. The van der Waals surface area contributed by atoms with Crippen LogP contribution in [0.4, 0.5) is 0 Å². The third-order valence-electron chi connectivity index (χ3n) is 5.31. The van der Waals surface area contributed by atoms with E-state index in [-0.39, 0.29) is 16.7 Å². The summed E-state index contributed by atoms with van der Waals surface area (Å²) < 4.78 is 8.72. The maximum Gasteiger partial charge on any atom is 0.267 e. The van der Waals surface area contributed by atoms with Crippen LogP contribution in [0.1, 0.15) is 25.8 Å². The third-order valence-corrected chi connectivity index (χ3v) is 6.35. The summed E-state index contributed by atoms with van der Waals surface area (Å²) in [5.74, 6) is 0.332. The zero-order chi connectivity index (χ0) is 23.4. The molecule has 2 heterocycles. The molecule has 1 N–H and O–H groups in total. The van der Waals surface area contributed by atoms with E-state index in [9.17, 15) is 9.59 Å². The van der Waals surface area contributed by atoms with E-state index in [2.05, 4.69) is 15.5 Å². The molecule has 1 amide bonds. The van der Waals surface area contributed by atoms with Crippen LogP contribution in [0, 0.1) is 6.92 Å². The van der Waals surface area contributed by atoms with E-state index in [1.807, 2.05) is 67.6 Å². The Bertz CT molecular complexity index is 1330. The molecule has 0 radical (unpaired) electrons. The summed E-state index contributed by atoms with van der Waals surface area (Å²) in [5, 5.41) is 12.4. The van der Waals surface area contributed by atoms with Crippen molar-refractivity contribution in [3.05, 3.63) is 64.4 Å². The van der Waals surface area contributed by atoms with Gasteiger partial charge in [0.15, 0.2) is 5.16 Å². The van der Waals surface area contributed by atoms with Gasteiger partial charge in [-0.25, -0.2) is 4.57 Å². The second-order valence-electron chi connectivity index (χ2n) is 7.71. The summed E-state index contributed by atoms with van der Waals surface area (Å²) >= 11 is 1.31. The molecule has 0 spiro atoms. The van der Waals surface area contributed by atoms with E-state index in [4.69, 9.17) is 4.74 Å². The molecule has 0 saturated heterocycles. The summed E-state index contributed by atoms with van der Waals surface area (Å²) in [7, 11) is 0. The minimum Gasteiger partial charge on any atom is -0.382 e. The first kappa shape index (κ1) is 23.0. The predicted octanol–water partition coefficient (Wildman–Crippen LogP) is 3.37. The van der Waals surface area contributed by atoms with Crippen molar-refractivity contribution in [2.24, 2.45) is 0 Å². The first-order chi connectivity index (χ1) is 16.0. The van der Waals surface area contributed by atoms with Crippen LogP contribution in [0.15, 0.2) is 58.5 Å². The number of fused-ring (bicyclic) bond motifs is 3. The van der Waals surface area contributed by atoms with E-state index < -0.39 is 0 Å². The molecule has 0 saturated carbocycles. The molecule has 172 valence electrons. The van der Waals surface area contributed by atoms with Crippen molar-refractivity contribution in [3.63, 3.8) is 0 Å². The van der Waals surface area contributed by atoms with Gasteiger partial charge in [0.25, 0.3) is 5.56 Å². The zero-order valence-electron chi connectivity index (χ0n) is 18.9.